The van der Waals surface area contributed by atoms with Gasteiger partial charge in [0.2, 0.25) is 0 Å². The SMILES string of the molecule is CNCc1occc1COc1cc(F)ccc1Br. The topological polar surface area (TPSA) is 34.4 Å². The zero-order chi connectivity index (χ0) is 13.0. The monoisotopic (exact) mass is 313 g/mol. The van der Waals surface area contributed by atoms with Crippen LogP contribution in [0.15, 0.2) is 39.4 Å². The number of furan rings is 1. The van der Waals surface area contributed by atoms with Crippen LogP contribution in [0.5, 0.6) is 5.75 Å². The van der Waals surface area contributed by atoms with Crippen molar-refractivity contribution in [1.82, 2.24) is 5.32 Å². The van der Waals surface area contributed by atoms with E-state index in [1.165, 1.54) is 12.1 Å². The van der Waals surface area contributed by atoms with E-state index in [-0.39, 0.29) is 5.82 Å². The predicted octanol–water partition coefficient (Wildman–Crippen LogP) is 3.48. The highest BCUT2D eigenvalue weighted by Crippen LogP contribution is 2.26. The minimum Gasteiger partial charge on any atom is -0.487 e. The van der Waals surface area contributed by atoms with Crippen LogP contribution in [-0.4, -0.2) is 7.05 Å². The highest BCUT2D eigenvalue weighted by molar-refractivity contribution is 9.10. The molecule has 0 saturated carbocycles. The maximum absolute atomic E-state index is 13.1. The first-order valence-corrected chi connectivity index (χ1v) is 6.27. The van der Waals surface area contributed by atoms with Gasteiger partial charge in [0.1, 0.15) is 23.9 Å². The molecule has 0 aliphatic rings. The van der Waals surface area contributed by atoms with E-state index in [0.29, 0.717) is 18.9 Å². The molecule has 0 radical (unpaired) electrons. The van der Waals surface area contributed by atoms with Crippen molar-refractivity contribution in [1.29, 1.82) is 0 Å². The molecule has 0 amide bonds. The van der Waals surface area contributed by atoms with Gasteiger partial charge in [0.25, 0.3) is 0 Å². The molecule has 1 aromatic carbocycles. The normalized spacial score (nSPS) is 10.6. The second kappa shape index (κ2) is 6.02. The molecule has 0 aliphatic carbocycles. The van der Waals surface area contributed by atoms with Gasteiger partial charge in [-0.2, -0.15) is 0 Å². The summed E-state index contributed by atoms with van der Waals surface area (Å²) in [6.45, 7) is 0.978. The van der Waals surface area contributed by atoms with Gasteiger partial charge in [-0.3, -0.25) is 0 Å². The van der Waals surface area contributed by atoms with Crippen LogP contribution in [0.1, 0.15) is 11.3 Å². The zero-order valence-corrected chi connectivity index (χ0v) is 11.5. The molecule has 0 fully saturated rings. The minimum atomic E-state index is -0.323. The Balaban J connectivity index is 2.06. The molecule has 1 heterocycles. The van der Waals surface area contributed by atoms with Crippen LogP contribution in [0, 0.1) is 5.82 Å². The number of halogens is 2. The van der Waals surface area contributed by atoms with Crippen LogP contribution in [0.3, 0.4) is 0 Å². The Hall–Kier alpha value is -1.33. The summed E-state index contributed by atoms with van der Waals surface area (Å²) in [4.78, 5) is 0. The van der Waals surface area contributed by atoms with Crippen LogP contribution < -0.4 is 10.1 Å². The van der Waals surface area contributed by atoms with Gasteiger partial charge < -0.3 is 14.5 Å². The summed E-state index contributed by atoms with van der Waals surface area (Å²) >= 11 is 3.32. The standard InChI is InChI=1S/C13H13BrFNO2/c1-16-7-13-9(4-5-17-13)8-18-12-6-10(15)2-3-11(12)14/h2-6,16H,7-8H2,1H3. The third-order valence-corrected chi connectivity index (χ3v) is 3.11. The molecule has 0 atom stereocenters. The number of ether oxygens (including phenoxy) is 1. The third kappa shape index (κ3) is 3.11. The molecule has 0 unspecified atom stereocenters. The van der Waals surface area contributed by atoms with Gasteiger partial charge >= 0.3 is 0 Å². The van der Waals surface area contributed by atoms with Crippen molar-refractivity contribution >= 4 is 15.9 Å². The Morgan fingerprint density at radius 2 is 2.22 bits per heavy atom. The van der Waals surface area contributed by atoms with E-state index in [9.17, 15) is 4.39 Å². The summed E-state index contributed by atoms with van der Waals surface area (Å²) in [5, 5.41) is 3.01. The lowest BCUT2D eigenvalue weighted by molar-refractivity contribution is 0.298. The van der Waals surface area contributed by atoms with Crippen molar-refractivity contribution < 1.29 is 13.5 Å². The first-order chi connectivity index (χ1) is 8.70. The van der Waals surface area contributed by atoms with Crippen molar-refractivity contribution in [2.75, 3.05) is 7.05 Å². The number of benzene rings is 1. The maximum Gasteiger partial charge on any atom is 0.136 e. The number of nitrogens with one attached hydrogen (secondary N) is 1. The van der Waals surface area contributed by atoms with Crippen molar-refractivity contribution in [3.8, 4) is 5.75 Å². The van der Waals surface area contributed by atoms with Crippen molar-refractivity contribution in [3.63, 3.8) is 0 Å². The van der Waals surface area contributed by atoms with E-state index in [1.807, 2.05) is 13.1 Å². The third-order valence-electron chi connectivity index (χ3n) is 2.45. The molecule has 18 heavy (non-hydrogen) atoms. The molecule has 96 valence electrons. The maximum atomic E-state index is 13.1. The predicted molar refractivity (Wildman–Crippen MR) is 69.9 cm³/mol. The molecular weight excluding hydrogens is 301 g/mol. The summed E-state index contributed by atoms with van der Waals surface area (Å²) in [6.07, 6.45) is 1.62. The Kier molecular flexibility index (Phi) is 4.38. The van der Waals surface area contributed by atoms with Crippen molar-refractivity contribution in [3.05, 3.63) is 52.1 Å². The van der Waals surface area contributed by atoms with Crippen LogP contribution in [-0.2, 0) is 13.2 Å². The van der Waals surface area contributed by atoms with Gasteiger partial charge in [0, 0.05) is 11.6 Å². The van der Waals surface area contributed by atoms with E-state index in [0.717, 1.165) is 15.8 Å². The Morgan fingerprint density at radius 1 is 1.39 bits per heavy atom. The molecule has 5 heteroatoms. The Bertz CT molecular complexity index is 527. The van der Waals surface area contributed by atoms with E-state index < -0.39 is 0 Å². The van der Waals surface area contributed by atoms with Crippen LogP contribution in [0.4, 0.5) is 4.39 Å². The fourth-order valence-electron chi connectivity index (χ4n) is 1.55. The van der Waals surface area contributed by atoms with Gasteiger partial charge in [-0.05, 0) is 41.2 Å². The molecular formula is C13H13BrFNO2. The molecule has 0 bridgehead atoms. The second-order valence-electron chi connectivity index (χ2n) is 3.76. The molecule has 1 aromatic heterocycles. The molecule has 2 rings (SSSR count). The fourth-order valence-corrected chi connectivity index (χ4v) is 1.92. The average Bonchev–Trinajstić information content (AvgIpc) is 2.78. The van der Waals surface area contributed by atoms with Gasteiger partial charge in [-0.1, -0.05) is 0 Å². The van der Waals surface area contributed by atoms with Gasteiger partial charge in [-0.25, -0.2) is 4.39 Å². The van der Waals surface area contributed by atoms with Gasteiger partial charge in [0.05, 0.1) is 17.3 Å². The van der Waals surface area contributed by atoms with Crippen LogP contribution >= 0.6 is 15.9 Å². The highest BCUT2D eigenvalue weighted by Gasteiger charge is 2.08. The second-order valence-corrected chi connectivity index (χ2v) is 4.62. The molecule has 0 spiro atoms. The molecule has 2 aromatic rings. The van der Waals surface area contributed by atoms with E-state index >= 15 is 0 Å². The smallest absolute Gasteiger partial charge is 0.136 e. The lowest BCUT2D eigenvalue weighted by Crippen LogP contribution is -2.07. The van der Waals surface area contributed by atoms with Crippen LogP contribution in [0.2, 0.25) is 0 Å². The van der Waals surface area contributed by atoms with Crippen molar-refractivity contribution in [2.45, 2.75) is 13.2 Å². The van der Waals surface area contributed by atoms with Crippen LogP contribution in [0.25, 0.3) is 0 Å². The molecule has 1 N–H and O–H groups in total. The largest absolute Gasteiger partial charge is 0.487 e. The summed E-state index contributed by atoms with van der Waals surface area (Å²) < 4.78 is 24.7. The zero-order valence-electron chi connectivity index (χ0n) is 9.87. The quantitative estimate of drug-likeness (QED) is 0.917. The Labute approximate surface area is 113 Å². The van der Waals surface area contributed by atoms with E-state index in [4.69, 9.17) is 9.15 Å². The molecule has 0 aliphatic heterocycles. The minimum absolute atomic E-state index is 0.323. The van der Waals surface area contributed by atoms with E-state index in [2.05, 4.69) is 21.2 Å². The number of hydrogen-bond acceptors (Lipinski definition) is 3. The summed E-state index contributed by atoms with van der Waals surface area (Å²) in [6, 6.07) is 6.19. The summed E-state index contributed by atoms with van der Waals surface area (Å²) in [5.74, 6) is 0.979. The molecule has 0 saturated heterocycles. The summed E-state index contributed by atoms with van der Waals surface area (Å²) in [5.41, 5.74) is 0.945. The average molecular weight is 314 g/mol. The summed E-state index contributed by atoms with van der Waals surface area (Å²) in [7, 11) is 1.84. The highest BCUT2D eigenvalue weighted by atomic mass is 79.9. The van der Waals surface area contributed by atoms with Gasteiger partial charge in [-0.15, -0.1) is 0 Å². The first-order valence-electron chi connectivity index (χ1n) is 5.48. The number of rotatable bonds is 5. The van der Waals surface area contributed by atoms with Gasteiger partial charge in [0.15, 0.2) is 0 Å². The number of hydrogen-bond donors (Lipinski definition) is 1. The molecule has 3 nitrogen and oxygen atoms in total. The lowest BCUT2D eigenvalue weighted by atomic mass is 10.2. The first kappa shape index (κ1) is 13.1. The lowest BCUT2D eigenvalue weighted by Gasteiger charge is -2.08. The van der Waals surface area contributed by atoms with E-state index in [1.54, 1.807) is 12.3 Å². The van der Waals surface area contributed by atoms with Crippen molar-refractivity contribution in [2.24, 2.45) is 0 Å². The Morgan fingerprint density at radius 3 is 3.00 bits per heavy atom. The fraction of sp³-hybridized carbons (Fsp3) is 0.231.